The van der Waals surface area contributed by atoms with Gasteiger partial charge in [0, 0.05) is 11.1 Å². The van der Waals surface area contributed by atoms with Crippen molar-refractivity contribution in [1.82, 2.24) is 0 Å². The molecule has 0 fully saturated rings. The third-order valence-electron chi connectivity index (χ3n) is 4.66. The molecule has 28 heavy (non-hydrogen) atoms. The lowest BCUT2D eigenvalue weighted by Gasteiger charge is -2.27. The predicted molar refractivity (Wildman–Crippen MR) is 114 cm³/mol. The zero-order chi connectivity index (χ0) is 19.9. The van der Waals surface area contributed by atoms with Crippen LogP contribution in [0.2, 0.25) is 10.0 Å². The van der Waals surface area contributed by atoms with Crippen LogP contribution >= 0.6 is 23.2 Å². The van der Waals surface area contributed by atoms with E-state index in [4.69, 9.17) is 27.9 Å². The van der Waals surface area contributed by atoms with Gasteiger partial charge in [0.2, 0.25) is 0 Å². The van der Waals surface area contributed by atoms with Gasteiger partial charge in [0.25, 0.3) is 0 Å². The molecule has 0 radical (unpaired) electrons. The largest absolute Gasteiger partial charge is 0.488 e. The molecule has 0 aliphatic heterocycles. The highest BCUT2D eigenvalue weighted by Gasteiger charge is 2.25. The minimum absolute atomic E-state index is 0.112. The first kappa shape index (κ1) is 20.7. The Balaban J connectivity index is 1.70. The number of hydrogen-bond donors (Lipinski definition) is 2. The lowest BCUT2D eigenvalue weighted by molar-refractivity contribution is -0.909. The number of likely N-dealkylation sites (N-methyl/N-ethyl adjacent to an activating group) is 1. The van der Waals surface area contributed by atoms with Gasteiger partial charge in [0.1, 0.15) is 25.3 Å². The fourth-order valence-electron chi connectivity index (χ4n) is 3.40. The van der Waals surface area contributed by atoms with E-state index in [1.807, 2.05) is 36.4 Å². The normalized spacial score (nSPS) is 13.3. The molecule has 2 N–H and O–H groups in total. The molecule has 0 aliphatic carbocycles. The molecule has 3 rings (SSSR count). The standard InChI is InChI=1S/C23H23Cl2NO2/c1-26(15-19(27)16-28-23-20(24)13-8-14-21(23)25)22(17-9-4-2-5-10-17)18-11-6-3-7-12-18/h2-14,19,22,27H,15-16H2,1H3/p+1/t19-/m1/s1. The molecular formula is C23H24Cl2NO2+. The first-order valence-electron chi connectivity index (χ1n) is 9.23. The van der Waals surface area contributed by atoms with Crippen molar-refractivity contribution < 1.29 is 14.7 Å². The lowest BCUT2D eigenvalue weighted by atomic mass is 9.97. The maximum absolute atomic E-state index is 10.6. The van der Waals surface area contributed by atoms with Crippen molar-refractivity contribution in [2.75, 3.05) is 20.2 Å². The number of aliphatic hydroxyl groups is 1. The van der Waals surface area contributed by atoms with Gasteiger partial charge in [0.05, 0.1) is 17.1 Å². The summed E-state index contributed by atoms with van der Waals surface area (Å²) in [5, 5.41) is 11.4. The van der Waals surface area contributed by atoms with E-state index in [2.05, 4.69) is 31.3 Å². The molecule has 0 bridgehead atoms. The van der Waals surface area contributed by atoms with Gasteiger partial charge in [-0.3, -0.25) is 0 Å². The van der Waals surface area contributed by atoms with Crippen LogP contribution in [0.4, 0.5) is 0 Å². The van der Waals surface area contributed by atoms with Gasteiger partial charge in [-0.05, 0) is 12.1 Å². The van der Waals surface area contributed by atoms with Crippen molar-refractivity contribution in [3.8, 4) is 5.75 Å². The average molecular weight is 417 g/mol. The summed E-state index contributed by atoms with van der Waals surface area (Å²) in [6.45, 7) is 0.633. The van der Waals surface area contributed by atoms with Crippen LogP contribution < -0.4 is 9.64 Å². The van der Waals surface area contributed by atoms with Crippen LogP contribution in [-0.4, -0.2) is 31.4 Å². The number of benzene rings is 3. The van der Waals surface area contributed by atoms with Gasteiger partial charge < -0.3 is 14.7 Å². The van der Waals surface area contributed by atoms with Crippen molar-refractivity contribution in [1.29, 1.82) is 0 Å². The number of quaternary nitrogens is 1. The monoisotopic (exact) mass is 416 g/mol. The predicted octanol–water partition coefficient (Wildman–Crippen LogP) is 4.04. The van der Waals surface area contributed by atoms with Crippen LogP contribution in [-0.2, 0) is 0 Å². The molecule has 0 heterocycles. The number of rotatable bonds is 8. The van der Waals surface area contributed by atoms with Crippen molar-refractivity contribution in [2.45, 2.75) is 12.1 Å². The zero-order valence-electron chi connectivity index (χ0n) is 15.7. The maximum Gasteiger partial charge on any atom is 0.156 e. The van der Waals surface area contributed by atoms with Crippen LogP contribution in [0.5, 0.6) is 5.75 Å². The van der Waals surface area contributed by atoms with Crippen LogP contribution in [0.15, 0.2) is 78.9 Å². The number of halogens is 2. The molecule has 0 saturated carbocycles. The van der Waals surface area contributed by atoms with Crippen molar-refractivity contribution in [3.63, 3.8) is 0 Å². The number of ether oxygens (including phenoxy) is 1. The summed E-state index contributed by atoms with van der Waals surface area (Å²) < 4.78 is 5.69. The highest BCUT2D eigenvalue weighted by molar-refractivity contribution is 6.37. The van der Waals surface area contributed by atoms with E-state index in [1.54, 1.807) is 18.2 Å². The smallest absolute Gasteiger partial charge is 0.156 e. The summed E-state index contributed by atoms with van der Waals surface area (Å²) in [5.41, 5.74) is 2.40. The SMILES string of the molecule is C[NH+](C[C@@H](O)COc1c(Cl)cccc1Cl)C(c1ccccc1)c1ccccc1. The highest BCUT2D eigenvalue weighted by Crippen LogP contribution is 2.32. The minimum Gasteiger partial charge on any atom is -0.488 e. The number of para-hydroxylation sites is 1. The lowest BCUT2D eigenvalue weighted by Crippen LogP contribution is -3.10. The van der Waals surface area contributed by atoms with E-state index in [-0.39, 0.29) is 12.6 Å². The van der Waals surface area contributed by atoms with Gasteiger partial charge in [-0.2, -0.15) is 0 Å². The molecule has 0 aromatic heterocycles. The van der Waals surface area contributed by atoms with E-state index in [0.29, 0.717) is 22.3 Å². The third kappa shape index (κ3) is 5.27. The summed E-state index contributed by atoms with van der Waals surface area (Å²) in [6.07, 6.45) is -0.665. The Morgan fingerprint density at radius 2 is 1.32 bits per heavy atom. The summed E-state index contributed by atoms with van der Waals surface area (Å²) in [5.74, 6) is 0.408. The summed E-state index contributed by atoms with van der Waals surface area (Å²) in [7, 11) is 2.08. The molecule has 0 saturated heterocycles. The Morgan fingerprint density at radius 3 is 1.82 bits per heavy atom. The van der Waals surface area contributed by atoms with Gasteiger partial charge in [-0.1, -0.05) is 89.9 Å². The van der Waals surface area contributed by atoms with E-state index in [9.17, 15) is 5.11 Å². The van der Waals surface area contributed by atoms with E-state index in [0.717, 1.165) is 0 Å². The van der Waals surface area contributed by atoms with Gasteiger partial charge in [-0.15, -0.1) is 0 Å². The molecule has 2 atom stereocenters. The molecule has 146 valence electrons. The number of hydrogen-bond acceptors (Lipinski definition) is 2. The summed E-state index contributed by atoms with van der Waals surface area (Å²) in [4.78, 5) is 1.17. The fraction of sp³-hybridized carbons (Fsp3) is 0.217. The second-order valence-corrected chi connectivity index (χ2v) is 7.63. The Labute approximate surface area is 176 Å². The molecule has 0 amide bonds. The van der Waals surface area contributed by atoms with Crippen LogP contribution in [0.3, 0.4) is 0 Å². The fourth-order valence-corrected chi connectivity index (χ4v) is 3.91. The van der Waals surface area contributed by atoms with E-state index >= 15 is 0 Å². The molecule has 0 spiro atoms. The molecule has 3 aromatic carbocycles. The van der Waals surface area contributed by atoms with E-state index in [1.165, 1.54) is 16.0 Å². The molecular weight excluding hydrogens is 393 g/mol. The second-order valence-electron chi connectivity index (χ2n) is 6.82. The number of nitrogens with one attached hydrogen (secondary N) is 1. The molecule has 5 heteroatoms. The first-order valence-corrected chi connectivity index (χ1v) is 9.99. The van der Waals surface area contributed by atoms with Crippen LogP contribution in [0, 0.1) is 0 Å². The Hall–Kier alpha value is -2.04. The van der Waals surface area contributed by atoms with Crippen molar-refractivity contribution in [3.05, 3.63) is 100 Å². The highest BCUT2D eigenvalue weighted by atomic mass is 35.5. The van der Waals surface area contributed by atoms with Gasteiger partial charge in [-0.25, -0.2) is 0 Å². The van der Waals surface area contributed by atoms with Crippen LogP contribution in [0.25, 0.3) is 0 Å². The van der Waals surface area contributed by atoms with Gasteiger partial charge >= 0.3 is 0 Å². The van der Waals surface area contributed by atoms with Crippen molar-refractivity contribution in [2.24, 2.45) is 0 Å². The second kappa shape index (κ2) is 9.94. The Morgan fingerprint density at radius 1 is 0.821 bits per heavy atom. The topological polar surface area (TPSA) is 33.9 Å². The first-order chi connectivity index (χ1) is 13.6. The molecule has 3 nitrogen and oxygen atoms in total. The van der Waals surface area contributed by atoms with Gasteiger partial charge in [0.15, 0.2) is 5.75 Å². The average Bonchev–Trinajstić information content (AvgIpc) is 2.69. The summed E-state index contributed by atoms with van der Waals surface area (Å²) in [6, 6.07) is 26.0. The third-order valence-corrected chi connectivity index (χ3v) is 5.25. The maximum atomic E-state index is 10.6. The summed E-state index contributed by atoms with van der Waals surface area (Å²) >= 11 is 12.3. The Kier molecular flexibility index (Phi) is 7.35. The Bertz CT molecular complexity index is 815. The van der Waals surface area contributed by atoms with Crippen molar-refractivity contribution >= 4 is 23.2 Å². The van der Waals surface area contributed by atoms with E-state index < -0.39 is 6.10 Å². The zero-order valence-corrected chi connectivity index (χ0v) is 17.2. The molecule has 1 unspecified atom stereocenters. The molecule has 3 aromatic rings. The van der Waals surface area contributed by atoms with Crippen LogP contribution in [0.1, 0.15) is 17.2 Å². The number of aliphatic hydroxyl groups excluding tert-OH is 1. The minimum atomic E-state index is -0.665. The quantitative estimate of drug-likeness (QED) is 0.580. The molecule has 0 aliphatic rings.